The summed E-state index contributed by atoms with van der Waals surface area (Å²) in [6, 6.07) is 0. The van der Waals surface area contributed by atoms with Gasteiger partial charge in [0.1, 0.15) is 0 Å². The molecule has 3 nitrogen and oxygen atoms in total. The monoisotopic (exact) mass is 228 g/mol. The van der Waals surface area contributed by atoms with Crippen LogP contribution in [0.25, 0.3) is 0 Å². The molecular formula is C13H24O3. The summed E-state index contributed by atoms with van der Waals surface area (Å²) in [5, 5.41) is 0. The Hall–Kier alpha value is -0.570. The Balaban J connectivity index is 2.20. The van der Waals surface area contributed by atoms with Crippen molar-refractivity contribution < 1.29 is 14.3 Å². The molecule has 0 saturated heterocycles. The minimum absolute atomic E-state index is 0.198. The zero-order valence-corrected chi connectivity index (χ0v) is 10.8. The fourth-order valence-electron chi connectivity index (χ4n) is 2.17. The third kappa shape index (κ3) is 4.12. The molecule has 1 fully saturated rings. The fraction of sp³-hybridized carbons (Fsp3) is 0.923. The molecule has 0 aromatic rings. The third-order valence-electron chi connectivity index (χ3n) is 3.28. The molecule has 1 aliphatic rings. The second kappa shape index (κ2) is 6.24. The van der Waals surface area contributed by atoms with Crippen LogP contribution in [0.15, 0.2) is 0 Å². The van der Waals surface area contributed by atoms with Gasteiger partial charge in [0.2, 0.25) is 0 Å². The van der Waals surface area contributed by atoms with Crippen molar-refractivity contribution in [3.63, 3.8) is 0 Å². The first-order chi connectivity index (χ1) is 7.56. The average molecular weight is 228 g/mol. The zero-order chi connectivity index (χ0) is 12.0. The van der Waals surface area contributed by atoms with E-state index in [1.807, 2.05) is 13.8 Å². The summed E-state index contributed by atoms with van der Waals surface area (Å²) in [4.78, 5) is 11.4. The molecule has 16 heavy (non-hydrogen) atoms. The highest BCUT2D eigenvalue weighted by Crippen LogP contribution is 2.25. The first-order valence-corrected chi connectivity index (χ1v) is 6.22. The Kier molecular flexibility index (Phi) is 5.26. The number of carbonyl (C=O) groups excluding carboxylic acids is 1. The van der Waals surface area contributed by atoms with Gasteiger partial charge in [-0.25, -0.2) is 0 Å². The Morgan fingerprint density at radius 1 is 1.25 bits per heavy atom. The Morgan fingerprint density at radius 2 is 1.88 bits per heavy atom. The molecule has 0 unspecified atom stereocenters. The van der Waals surface area contributed by atoms with Crippen molar-refractivity contribution in [1.82, 2.24) is 0 Å². The summed E-state index contributed by atoms with van der Waals surface area (Å²) in [5.74, 6) is 0.498. The lowest BCUT2D eigenvalue weighted by Gasteiger charge is -2.25. The van der Waals surface area contributed by atoms with Crippen molar-refractivity contribution in [2.24, 2.45) is 11.3 Å². The van der Waals surface area contributed by atoms with Crippen molar-refractivity contribution in [2.45, 2.75) is 46.0 Å². The molecular weight excluding hydrogens is 204 g/mol. The normalized spacial score (nSPS) is 18.4. The Bertz CT molecular complexity index is 217. The van der Waals surface area contributed by atoms with Crippen molar-refractivity contribution in [2.75, 3.05) is 20.3 Å². The Labute approximate surface area is 98.5 Å². The van der Waals surface area contributed by atoms with Gasteiger partial charge in [0.25, 0.3) is 0 Å². The van der Waals surface area contributed by atoms with E-state index in [0.717, 1.165) is 6.61 Å². The molecule has 0 N–H and O–H groups in total. The first kappa shape index (κ1) is 13.5. The zero-order valence-electron chi connectivity index (χ0n) is 10.8. The third-order valence-corrected chi connectivity index (χ3v) is 3.28. The molecule has 0 radical (unpaired) electrons. The summed E-state index contributed by atoms with van der Waals surface area (Å²) in [6.07, 6.45) is 6.57. The van der Waals surface area contributed by atoms with Gasteiger partial charge in [0, 0.05) is 6.61 Å². The number of carbonyl (C=O) groups is 1. The summed E-state index contributed by atoms with van der Waals surface area (Å²) in [7, 11) is 1.42. The van der Waals surface area contributed by atoms with Crippen LogP contribution in [0.5, 0.6) is 0 Å². The lowest BCUT2D eigenvalue weighted by atomic mass is 9.90. The minimum atomic E-state index is -0.524. The maximum absolute atomic E-state index is 11.4. The van der Waals surface area contributed by atoms with E-state index in [1.54, 1.807) is 0 Å². The van der Waals surface area contributed by atoms with Crippen LogP contribution in [0.4, 0.5) is 0 Å². The van der Waals surface area contributed by atoms with Crippen molar-refractivity contribution in [3.8, 4) is 0 Å². The maximum Gasteiger partial charge on any atom is 0.313 e. The van der Waals surface area contributed by atoms with E-state index in [4.69, 9.17) is 9.47 Å². The molecule has 3 heteroatoms. The molecule has 1 saturated carbocycles. The van der Waals surface area contributed by atoms with Gasteiger partial charge in [0.15, 0.2) is 0 Å². The van der Waals surface area contributed by atoms with Crippen LogP contribution >= 0.6 is 0 Å². The largest absolute Gasteiger partial charge is 0.469 e. The highest BCUT2D eigenvalue weighted by atomic mass is 16.5. The Morgan fingerprint density at radius 3 is 2.44 bits per heavy atom. The van der Waals surface area contributed by atoms with E-state index in [0.29, 0.717) is 12.5 Å². The molecule has 1 aliphatic carbocycles. The van der Waals surface area contributed by atoms with E-state index in [9.17, 15) is 4.79 Å². The predicted molar refractivity (Wildman–Crippen MR) is 63.2 cm³/mol. The summed E-state index contributed by atoms with van der Waals surface area (Å²) in [5.41, 5.74) is -0.524. The topological polar surface area (TPSA) is 35.5 Å². The van der Waals surface area contributed by atoms with E-state index in [-0.39, 0.29) is 5.97 Å². The van der Waals surface area contributed by atoms with Gasteiger partial charge in [-0.2, -0.15) is 0 Å². The van der Waals surface area contributed by atoms with Gasteiger partial charge in [0.05, 0.1) is 19.1 Å². The van der Waals surface area contributed by atoms with Gasteiger partial charge < -0.3 is 9.47 Å². The molecule has 0 aromatic heterocycles. The standard InChI is InChI=1S/C13H24O3/c1-13(2,12(14)15-3)10-16-9-11-7-5-4-6-8-11/h11H,4-10H2,1-3H3. The van der Waals surface area contributed by atoms with Crippen LogP contribution in [0.2, 0.25) is 0 Å². The molecule has 0 spiro atoms. The first-order valence-electron chi connectivity index (χ1n) is 6.22. The van der Waals surface area contributed by atoms with Crippen LogP contribution < -0.4 is 0 Å². The fourth-order valence-corrected chi connectivity index (χ4v) is 2.17. The van der Waals surface area contributed by atoms with Crippen molar-refractivity contribution in [1.29, 1.82) is 0 Å². The predicted octanol–water partition coefficient (Wildman–Crippen LogP) is 2.78. The van der Waals surface area contributed by atoms with Crippen LogP contribution in [-0.4, -0.2) is 26.3 Å². The quantitative estimate of drug-likeness (QED) is 0.679. The molecule has 0 amide bonds. The summed E-state index contributed by atoms with van der Waals surface area (Å²) in [6.45, 7) is 4.97. The second-order valence-corrected chi connectivity index (χ2v) is 5.39. The van der Waals surface area contributed by atoms with E-state index < -0.39 is 5.41 Å². The van der Waals surface area contributed by atoms with E-state index in [2.05, 4.69) is 0 Å². The molecule has 0 atom stereocenters. The molecule has 94 valence electrons. The minimum Gasteiger partial charge on any atom is -0.469 e. The van der Waals surface area contributed by atoms with E-state index in [1.165, 1.54) is 39.2 Å². The average Bonchev–Trinajstić information content (AvgIpc) is 2.29. The molecule has 0 aromatic carbocycles. The summed E-state index contributed by atoms with van der Waals surface area (Å²) >= 11 is 0. The molecule has 0 heterocycles. The maximum atomic E-state index is 11.4. The van der Waals surface area contributed by atoms with Crippen LogP contribution in [0.3, 0.4) is 0 Å². The number of hydrogen-bond donors (Lipinski definition) is 0. The van der Waals surface area contributed by atoms with Crippen LogP contribution in [-0.2, 0) is 14.3 Å². The van der Waals surface area contributed by atoms with Gasteiger partial charge in [-0.05, 0) is 32.6 Å². The van der Waals surface area contributed by atoms with Crippen LogP contribution in [0, 0.1) is 11.3 Å². The SMILES string of the molecule is COC(=O)C(C)(C)COCC1CCCCC1. The molecule has 0 aliphatic heterocycles. The highest BCUT2D eigenvalue weighted by molar-refractivity contribution is 5.75. The number of ether oxygens (including phenoxy) is 2. The smallest absolute Gasteiger partial charge is 0.313 e. The number of hydrogen-bond acceptors (Lipinski definition) is 3. The van der Waals surface area contributed by atoms with Crippen molar-refractivity contribution in [3.05, 3.63) is 0 Å². The number of esters is 1. The molecule has 1 rings (SSSR count). The number of methoxy groups -OCH3 is 1. The van der Waals surface area contributed by atoms with Gasteiger partial charge >= 0.3 is 5.97 Å². The number of rotatable bonds is 5. The van der Waals surface area contributed by atoms with Gasteiger partial charge in [-0.3, -0.25) is 4.79 Å². The van der Waals surface area contributed by atoms with Gasteiger partial charge in [-0.15, -0.1) is 0 Å². The second-order valence-electron chi connectivity index (χ2n) is 5.39. The van der Waals surface area contributed by atoms with Gasteiger partial charge in [-0.1, -0.05) is 19.3 Å². The highest BCUT2D eigenvalue weighted by Gasteiger charge is 2.29. The summed E-state index contributed by atoms with van der Waals surface area (Å²) < 4.78 is 10.4. The van der Waals surface area contributed by atoms with Crippen molar-refractivity contribution >= 4 is 5.97 Å². The van der Waals surface area contributed by atoms with E-state index >= 15 is 0 Å². The molecule has 0 bridgehead atoms. The lowest BCUT2D eigenvalue weighted by molar-refractivity contribution is -0.154. The van der Waals surface area contributed by atoms with Crippen LogP contribution in [0.1, 0.15) is 46.0 Å². The lowest BCUT2D eigenvalue weighted by Crippen LogP contribution is -2.31.